The Kier molecular flexibility index (Phi) is 4.26. The van der Waals surface area contributed by atoms with E-state index >= 15 is 0 Å². The molecule has 3 nitrogen and oxygen atoms in total. The molecule has 1 unspecified atom stereocenters. The van der Waals surface area contributed by atoms with Crippen molar-refractivity contribution in [3.63, 3.8) is 0 Å². The van der Waals surface area contributed by atoms with Crippen LogP contribution in [0.3, 0.4) is 0 Å². The number of fused-ring (bicyclic) bond motifs is 1. The van der Waals surface area contributed by atoms with Gasteiger partial charge in [0.1, 0.15) is 6.10 Å². The summed E-state index contributed by atoms with van der Waals surface area (Å²) in [6.07, 6.45) is 4.19. The fourth-order valence-electron chi connectivity index (χ4n) is 3.64. The molecule has 0 saturated carbocycles. The van der Waals surface area contributed by atoms with Crippen molar-refractivity contribution in [1.29, 1.82) is 0 Å². The Morgan fingerprint density at radius 3 is 2.57 bits per heavy atom. The Balaban J connectivity index is 1.90. The lowest BCUT2D eigenvalue weighted by molar-refractivity contribution is -0.112. The summed E-state index contributed by atoms with van der Waals surface area (Å²) in [5.41, 5.74) is 3.37. The van der Waals surface area contributed by atoms with Crippen molar-refractivity contribution in [2.24, 2.45) is 5.41 Å². The molecule has 0 aromatic heterocycles. The Morgan fingerprint density at radius 2 is 1.91 bits per heavy atom. The SMILES string of the molecule is CC(=O)/C=C/C1=C(C)[C@H]2OC(c3ccccc3)O[C@H]2CC1(C)C. The number of carbonyl (C=O) groups is 1. The van der Waals surface area contributed by atoms with E-state index in [1.54, 1.807) is 13.0 Å². The van der Waals surface area contributed by atoms with Gasteiger partial charge in [0.25, 0.3) is 0 Å². The first kappa shape index (κ1) is 16.2. The first-order valence-electron chi connectivity index (χ1n) is 8.14. The van der Waals surface area contributed by atoms with Crippen LogP contribution in [0.2, 0.25) is 0 Å². The minimum absolute atomic E-state index is 0.0356. The summed E-state index contributed by atoms with van der Waals surface area (Å²) in [7, 11) is 0. The van der Waals surface area contributed by atoms with Gasteiger partial charge in [0.2, 0.25) is 0 Å². The van der Waals surface area contributed by atoms with Crippen molar-refractivity contribution in [3.05, 3.63) is 59.2 Å². The van der Waals surface area contributed by atoms with Gasteiger partial charge in [-0.2, -0.15) is 0 Å². The number of rotatable bonds is 3. The normalized spacial score (nSPS) is 29.8. The molecule has 0 N–H and O–H groups in total. The quantitative estimate of drug-likeness (QED) is 0.778. The Morgan fingerprint density at radius 1 is 1.22 bits per heavy atom. The number of carbonyl (C=O) groups excluding carboxylic acids is 1. The number of hydrogen-bond donors (Lipinski definition) is 0. The molecule has 0 spiro atoms. The molecule has 3 heteroatoms. The zero-order valence-electron chi connectivity index (χ0n) is 14.2. The molecule has 1 aromatic rings. The topological polar surface area (TPSA) is 35.5 Å². The van der Waals surface area contributed by atoms with Crippen molar-refractivity contribution in [2.45, 2.75) is 52.6 Å². The molecule has 0 amide bonds. The van der Waals surface area contributed by atoms with Gasteiger partial charge >= 0.3 is 0 Å². The summed E-state index contributed by atoms with van der Waals surface area (Å²) < 4.78 is 12.4. The molecule has 1 fully saturated rings. The molecule has 23 heavy (non-hydrogen) atoms. The van der Waals surface area contributed by atoms with E-state index in [4.69, 9.17) is 9.47 Å². The lowest BCUT2D eigenvalue weighted by Gasteiger charge is -2.38. The first-order valence-corrected chi connectivity index (χ1v) is 8.14. The summed E-state index contributed by atoms with van der Waals surface area (Å²) >= 11 is 0. The van der Waals surface area contributed by atoms with Crippen LogP contribution in [-0.2, 0) is 14.3 Å². The highest BCUT2D eigenvalue weighted by Gasteiger charge is 2.46. The number of benzene rings is 1. The monoisotopic (exact) mass is 312 g/mol. The smallest absolute Gasteiger partial charge is 0.185 e. The highest BCUT2D eigenvalue weighted by atomic mass is 16.7. The van der Waals surface area contributed by atoms with Gasteiger partial charge in [0.05, 0.1) is 6.10 Å². The van der Waals surface area contributed by atoms with Crippen LogP contribution in [0.1, 0.15) is 46.0 Å². The van der Waals surface area contributed by atoms with Gasteiger partial charge in [0, 0.05) is 5.56 Å². The summed E-state index contributed by atoms with van der Waals surface area (Å²) in [6, 6.07) is 10.0. The summed E-state index contributed by atoms with van der Waals surface area (Å²) in [6.45, 7) is 8.07. The van der Waals surface area contributed by atoms with E-state index < -0.39 is 0 Å². The highest BCUT2D eigenvalue weighted by molar-refractivity contribution is 5.87. The van der Waals surface area contributed by atoms with Gasteiger partial charge in [-0.25, -0.2) is 0 Å². The van der Waals surface area contributed by atoms with E-state index in [1.165, 1.54) is 11.1 Å². The van der Waals surface area contributed by atoms with Gasteiger partial charge in [0.15, 0.2) is 12.1 Å². The average Bonchev–Trinajstić information content (AvgIpc) is 2.90. The van der Waals surface area contributed by atoms with E-state index in [0.29, 0.717) is 0 Å². The molecular formula is C20H24O3. The van der Waals surface area contributed by atoms with Gasteiger partial charge < -0.3 is 9.47 Å². The van der Waals surface area contributed by atoms with Gasteiger partial charge in [-0.3, -0.25) is 4.79 Å². The van der Waals surface area contributed by atoms with Crippen molar-refractivity contribution in [2.75, 3.05) is 0 Å². The molecule has 0 radical (unpaired) electrons. The summed E-state index contributed by atoms with van der Waals surface area (Å²) in [5.74, 6) is 0.0639. The Hall–Kier alpha value is -1.71. The van der Waals surface area contributed by atoms with Crippen molar-refractivity contribution in [3.8, 4) is 0 Å². The van der Waals surface area contributed by atoms with E-state index in [-0.39, 0.29) is 29.7 Å². The largest absolute Gasteiger partial charge is 0.342 e. The molecule has 1 heterocycles. The lowest BCUT2D eigenvalue weighted by atomic mass is 9.70. The van der Waals surface area contributed by atoms with Crippen LogP contribution in [0, 0.1) is 5.41 Å². The predicted octanol–water partition coefficient (Wildman–Crippen LogP) is 4.36. The lowest BCUT2D eigenvalue weighted by Crippen LogP contribution is -2.37. The molecule has 122 valence electrons. The van der Waals surface area contributed by atoms with E-state index in [9.17, 15) is 4.79 Å². The maximum atomic E-state index is 11.3. The standard InChI is InChI=1S/C20H24O3/c1-13(21)10-11-16-14(2)18-17(12-20(16,3)4)22-19(23-18)15-8-6-5-7-9-15/h5-11,17-19H,12H2,1-4H3/b11-10+/t17-,18+,19?/m0/s1. The van der Waals surface area contributed by atoms with E-state index in [2.05, 4.69) is 20.8 Å². The minimum Gasteiger partial charge on any atom is -0.342 e. The van der Waals surface area contributed by atoms with Gasteiger partial charge in [-0.05, 0) is 42.9 Å². The van der Waals surface area contributed by atoms with Crippen LogP contribution in [0.4, 0.5) is 0 Å². The number of ether oxygens (including phenoxy) is 2. The molecule has 1 saturated heterocycles. The Labute approximate surface area is 138 Å². The predicted molar refractivity (Wildman–Crippen MR) is 89.8 cm³/mol. The van der Waals surface area contributed by atoms with Crippen LogP contribution in [0.25, 0.3) is 0 Å². The molecule has 1 aliphatic heterocycles. The molecule has 3 rings (SSSR count). The first-order chi connectivity index (χ1) is 10.9. The van der Waals surface area contributed by atoms with Gasteiger partial charge in [-0.1, -0.05) is 50.3 Å². The van der Waals surface area contributed by atoms with Crippen LogP contribution in [0.15, 0.2) is 53.6 Å². The number of allylic oxidation sites excluding steroid dienone is 3. The van der Waals surface area contributed by atoms with Crippen LogP contribution in [0.5, 0.6) is 0 Å². The third-order valence-corrected chi connectivity index (χ3v) is 4.75. The summed E-state index contributed by atoms with van der Waals surface area (Å²) in [4.78, 5) is 11.3. The zero-order valence-corrected chi connectivity index (χ0v) is 14.2. The van der Waals surface area contributed by atoms with Crippen LogP contribution < -0.4 is 0 Å². The molecule has 3 atom stereocenters. The second kappa shape index (κ2) is 6.06. The van der Waals surface area contributed by atoms with E-state index in [1.807, 2.05) is 36.4 Å². The fraction of sp³-hybridized carbons (Fsp3) is 0.450. The van der Waals surface area contributed by atoms with Crippen molar-refractivity contribution >= 4 is 5.78 Å². The van der Waals surface area contributed by atoms with Crippen LogP contribution >= 0.6 is 0 Å². The highest BCUT2D eigenvalue weighted by Crippen LogP contribution is 2.48. The molecular weight excluding hydrogens is 288 g/mol. The van der Waals surface area contributed by atoms with Crippen LogP contribution in [-0.4, -0.2) is 18.0 Å². The van der Waals surface area contributed by atoms with E-state index in [0.717, 1.165) is 12.0 Å². The third kappa shape index (κ3) is 3.17. The molecule has 1 aliphatic carbocycles. The van der Waals surface area contributed by atoms with Crippen molar-refractivity contribution in [1.82, 2.24) is 0 Å². The molecule has 0 bridgehead atoms. The molecule has 2 aliphatic rings. The summed E-state index contributed by atoms with van der Waals surface area (Å²) in [5, 5.41) is 0. The second-order valence-electron chi connectivity index (χ2n) is 7.10. The molecule has 1 aromatic carbocycles. The number of ketones is 1. The Bertz CT molecular complexity index is 655. The number of hydrogen-bond acceptors (Lipinski definition) is 3. The van der Waals surface area contributed by atoms with Gasteiger partial charge in [-0.15, -0.1) is 0 Å². The maximum Gasteiger partial charge on any atom is 0.185 e. The van der Waals surface area contributed by atoms with Crippen molar-refractivity contribution < 1.29 is 14.3 Å². The zero-order chi connectivity index (χ0) is 16.6. The third-order valence-electron chi connectivity index (χ3n) is 4.75. The maximum absolute atomic E-state index is 11.3. The second-order valence-corrected chi connectivity index (χ2v) is 7.10. The minimum atomic E-state index is -0.312. The average molecular weight is 312 g/mol. The fourth-order valence-corrected chi connectivity index (χ4v) is 3.64.